The molecule has 116 valence electrons. The molecule has 3 unspecified atom stereocenters. The van der Waals surface area contributed by atoms with Gasteiger partial charge < -0.3 is 15.2 Å². The first-order valence-electron chi connectivity index (χ1n) is 7.09. The zero-order valence-electron chi connectivity index (χ0n) is 12.7. The van der Waals surface area contributed by atoms with Crippen LogP contribution in [-0.2, 0) is 14.3 Å². The summed E-state index contributed by atoms with van der Waals surface area (Å²) < 4.78 is 4.82. The summed E-state index contributed by atoms with van der Waals surface area (Å²) in [5, 5.41) is 11.6. The minimum absolute atomic E-state index is 0.0373. The Morgan fingerprint density at radius 1 is 1.29 bits per heavy atom. The van der Waals surface area contributed by atoms with Gasteiger partial charge in [0.1, 0.15) is 0 Å². The molecule has 0 saturated carbocycles. The number of carbonyl (C=O) groups excluding carboxylic acids is 1. The predicted octanol–water partition coefficient (Wildman–Crippen LogP) is 2.03. The standard InChI is InChI=1S/C16H23NO4/c1-4-11(2)14(12-8-6-5-7-9-12)15(18)17-10-13(21-3)16(19)20/h5-9,11,13-14H,4,10H2,1-3H3,(H,17,18)(H,19,20). The molecule has 0 aliphatic carbocycles. The monoisotopic (exact) mass is 293 g/mol. The second kappa shape index (κ2) is 8.42. The lowest BCUT2D eigenvalue weighted by Crippen LogP contribution is -2.41. The molecule has 1 aromatic rings. The second-order valence-corrected chi connectivity index (χ2v) is 5.08. The van der Waals surface area contributed by atoms with Crippen LogP contribution in [0.1, 0.15) is 31.7 Å². The third kappa shape index (κ3) is 4.86. The minimum atomic E-state index is -1.09. The summed E-state index contributed by atoms with van der Waals surface area (Å²) in [7, 11) is 1.31. The van der Waals surface area contributed by atoms with E-state index in [0.717, 1.165) is 12.0 Å². The molecule has 0 aliphatic heterocycles. The van der Waals surface area contributed by atoms with Crippen LogP contribution in [0.3, 0.4) is 0 Å². The number of methoxy groups -OCH3 is 1. The van der Waals surface area contributed by atoms with Gasteiger partial charge in [-0.3, -0.25) is 4.79 Å². The molecule has 2 N–H and O–H groups in total. The summed E-state index contributed by atoms with van der Waals surface area (Å²) in [6.07, 6.45) is -0.165. The maximum Gasteiger partial charge on any atom is 0.334 e. The van der Waals surface area contributed by atoms with E-state index in [1.54, 1.807) is 0 Å². The Morgan fingerprint density at radius 2 is 1.90 bits per heavy atom. The Kier molecular flexibility index (Phi) is 6.88. The van der Waals surface area contributed by atoms with Crippen LogP contribution < -0.4 is 5.32 Å². The average molecular weight is 293 g/mol. The van der Waals surface area contributed by atoms with Gasteiger partial charge in [0.2, 0.25) is 5.91 Å². The zero-order chi connectivity index (χ0) is 15.8. The lowest BCUT2D eigenvalue weighted by molar-refractivity contribution is -0.148. The van der Waals surface area contributed by atoms with E-state index in [2.05, 4.69) is 5.32 Å². The Labute approximate surface area is 125 Å². The quantitative estimate of drug-likeness (QED) is 0.769. The number of amides is 1. The van der Waals surface area contributed by atoms with Crippen molar-refractivity contribution in [2.75, 3.05) is 13.7 Å². The molecule has 0 saturated heterocycles. The van der Waals surface area contributed by atoms with E-state index < -0.39 is 12.1 Å². The first kappa shape index (κ1) is 17.2. The summed E-state index contributed by atoms with van der Waals surface area (Å²) in [6, 6.07) is 9.53. The molecular formula is C16H23NO4. The fourth-order valence-corrected chi connectivity index (χ4v) is 2.21. The third-order valence-electron chi connectivity index (χ3n) is 3.68. The van der Waals surface area contributed by atoms with E-state index in [0.29, 0.717) is 0 Å². The van der Waals surface area contributed by atoms with Gasteiger partial charge in [-0.2, -0.15) is 0 Å². The smallest absolute Gasteiger partial charge is 0.334 e. The van der Waals surface area contributed by atoms with Crippen LogP contribution >= 0.6 is 0 Å². The van der Waals surface area contributed by atoms with Crippen molar-refractivity contribution in [3.05, 3.63) is 35.9 Å². The molecule has 0 aromatic heterocycles. The third-order valence-corrected chi connectivity index (χ3v) is 3.68. The van der Waals surface area contributed by atoms with Crippen LogP contribution in [0.2, 0.25) is 0 Å². The lowest BCUT2D eigenvalue weighted by atomic mass is 9.85. The van der Waals surface area contributed by atoms with Gasteiger partial charge in [-0.1, -0.05) is 50.6 Å². The van der Waals surface area contributed by atoms with Crippen molar-refractivity contribution in [3.63, 3.8) is 0 Å². The summed E-state index contributed by atoms with van der Waals surface area (Å²) >= 11 is 0. The number of ether oxygens (including phenoxy) is 1. The molecule has 21 heavy (non-hydrogen) atoms. The van der Waals surface area contributed by atoms with Gasteiger partial charge in [0.05, 0.1) is 12.5 Å². The fourth-order valence-electron chi connectivity index (χ4n) is 2.21. The van der Waals surface area contributed by atoms with E-state index in [1.807, 2.05) is 44.2 Å². The number of benzene rings is 1. The van der Waals surface area contributed by atoms with Crippen molar-refractivity contribution >= 4 is 11.9 Å². The number of carboxylic acid groups (broad SMARTS) is 1. The number of carboxylic acids is 1. The summed E-state index contributed by atoms with van der Waals surface area (Å²) in [5.41, 5.74) is 0.939. The highest BCUT2D eigenvalue weighted by atomic mass is 16.5. The number of carbonyl (C=O) groups is 2. The highest BCUT2D eigenvalue weighted by Gasteiger charge is 2.27. The number of hydrogen-bond acceptors (Lipinski definition) is 3. The molecule has 5 nitrogen and oxygen atoms in total. The Hall–Kier alpha value is -1.88. The Morgan fingerprint density at radius 3 is 2.38 bits per heavy atom. The second-order valence-electron chi connectivity index (χ2n) is 5.08. The molecule has 1 aromatic carbocycles. The molecule has 0 fully saturated rings. The highest BCUT2D eigenvalue weighted by Crippen LogP contribution is 2.27. The van der Waals surface area contributed by atoms with E-state index in [-0.39, 0.29) is 24.3 Å². The molecule has 0 aliphatic rings. The molecule has 0 heterocycles. The zero-order valence-corrected chi connectivity index (χ0v) is 12.7. The molecule has 1 rings (SSSR count). The van der Waals surface area contributed by atoms with E-state index in [1.165, 1.54) is 7.11 Å². The molecule has 5 heteroatoms. The predicted molar refractivity (Wildman–Crippen MR) is 80.1 cm³/mol. The maximum atomic E-state index is 12.4. The van der Waals surface area contributed by atoms with Gasteiger partial charge in [0, 0.05) is 7.11 Å². The number of aliphatic carboxylic acids is 1. The van der Waals surface area contributed by atoms with Crippen LogP contribution in [-0.4, -0.2) is 36.7 Å². The first-order valence-corrected chi connectivity index (χ1v) is 7.09. The van der Waals surface area contributed by atoms with Crippen molar-refractivity contribution in [3.8, 4) is 0 Å². The molecule has 1 amide bonds. The normalized spacial score (nSPS) is 15.0. The van der Waals surface area contributed by atoms with Crippen molar-refractivity contribution in [2.24, 2.45) is 5.92 Å². The largest absolute Gasteiger partial charge is 0.479 e. The van der Waals surface area contributed by atoms with Crippen molar-refractivity contribution in [1.29, 1.82) is 0 Å². The molecule has 0 radical (unpaired) electrons. The highest BCUT2D eigenvalue weighted by molar-refractivity contribution is 5.84. The number of nitrogens with one attached hydrogen (secondary N) is 1. The van der Waals surface area contributed by atoms with Crippen molar-refractivity contribution < 1.29 is 19.4 Å². The van der Waals surface area contributed by atoms with Gasteiger partial charge >= 0.3 is 5.97 Å². The Balaban J connectivity index is 2.80. The lowest BCUT2D eigenvalue weighted by Gasteiger charge is -2.23. The van der Waals surface area contributed by atoms with Crippen LogP contribution in [0, 0.1) is 5.92 Å². The molecule has 0 spiro atoms. The van der Waals surface area contributed by atoms with Gasteiger partial charge in [-0.15, -0.1) is 0 Å². The van der Waals surface area contributed by atoms with Crippen LogP contribution in [0.15, 0.2) is 30.3 Å². The number of hydrogen-bond donors (Lipinski definition) is 2. The fraction of sp³-hybridized carbons (Fsp3) is 0.500. The van der Waals surface area contributed by atoms with E-state index >= 15 is 0 Å². The van der Waals surface area contributed by atoms with E-state index in [4.69, 9.17) is 9.84 Å². The van der Waals surface area contributed by atoms with Crippen molar-refractivity contribution in [1.82, 2.24) is 5.32 Å². The summed E-state index contributed by atoms with van der Waals surface area (Å²) in [4.78, 5) is 23.3. The molecule has 0 bridgehead atoms. The van der Waals surface area contributed by atoms with Crippen molar-refractivity contribution in [2.45, 2.75) is 32.3 Å². The molecular weight excluding hydrogens is 270 g/mol. The maximum absolute atomic E-state index is 12.4. The van der Waals surface area contributed by atoms with Gasteiger partial charge in [0.25, 0.3) is 0 Å². The van der Waals surface area contributed by atoms with Crippen LogP contribution in [0.4, 0.5) is 0 Å². The first-order chi connectivity index (χ1) is 10.0. The Bertz CT molecular complexity index is 461. The van der Waals surface area contributed by atoms with Gasteiger partial charge in [0.15, 0.2) is 6.10 Å². The number of rotatable bonds is 8. The summed E-state index contributed by atoms with van der Waals surface area (Å²) in [5.74, 6) is -1.38. The average Bonchev–Trinajstić information content (AvgIpc) is 2.48. The minimum Gasteiger partial charge on any atom is -0.479 e. The van der Waals surface area contributed by atoms with Gasteiger partial charge in [-0.25, -0.2) is 4.79 Å². The van der Waals surface area contributed by atoms with Crippen LogP contribution in [0.5, 0.6) is 0 Å². The van der Waals surface area contributed by atoms with Crippen LogP contribution in [0.25, 0.3) is 0 Å². The van der Waals surface area contributed by atoms with E-state index in [9.17, 15) is 9.59 Å². The SMILES string of the molecule is CCC(C)C(C(=O)NCC(OC)C(=O)O)c1ccccc1. The van der Waals surface area contributed by atoms with Gasteiger partial charge in [-0.05, 0) is 11.5 Å². The topological polar surface area (TPSA) is 75.6 Å². The molecule has 3 atom stereocenters. The summed E-state index contributed by atoms with van der Waals surface area (Å²) in [6.45, 7) is 4.01.